The van der Waals surface area contributed by atoms with Crippen molar-refractivity contribution >= 4 is 5.97 Å². The monoisotopic (exact) mass is 284 g/mol. The van der Waals surface area contributed by atoms with E-state index in [1.54, 1.807) is 54.6 Å². The first-order valence-corrected chi connectivity index (χ1v) is 6.90. The van der Waals surface area contributed by atoms with Gasteiger partial charge in [-0.3, -0.25) is 0 Å². The summed E-state index contributed by atoms with van der Waals surface area (Å²) >= 11 is 0. The highest BCUT2D eigenvalue weighted by Crippen LogP contribution is 2.18. The third-order valence-corrected chi connectivity index (χ3v) is 2.41. The van der Waals surface area contributed by atoms with E-state index in [9.17, 15) is 4.79 Å². The van der Waals surface area contributed by atoms with Crippen LogP contribution in [0.2, 0.25) is 0 Å². The minimum atomic E-state index is -0.375. The summed E-state index contributed by atoms with van der Waals surface area (Å²) in [6.45, 7) is 8.02. The van der Waals surface area contributed by atoms with E-state index in [2.05, 4.69) is 6.58 Å². The van der Waals surface area contributed by atoms with Crippen LogP contribution >= 0.6 is 0 Å². The average Bonchev–Trinajstić information content (AvgIpc) is 2.57. The molecule has 0 aromatic heterocycles. The average molecular weight is 284 g/mol. The third kappa shape index (κ3) is 5.53. The Morgan fingerprint density at radius 1 is 1.00 bits per heavy atom. The lowest BCUT2D eigenvalue weighted by Crippen LogP contribution is -2.07. The van der Waals surface area contributed by atoms with Gasteiger partial charge in [0.25, 0.3) is 0 Å². The maximum Gasteiger partial charge on any atom is 0.343 e. The summed E-state index contributed by atoms with van der Waals surface area (Å²) in [6.07, 6.45) is 1.67. The zero-order valence-corrected chi connectivity index (χ0v) is 12.4. The summed E-state index contributed by atoms with van der Waals surface area (Å²) < 4.78 is 10.6. The predicted octanol–water partition coefficient (Wildman–Crippen LogP) is 4.50. The molecule has 0 aliphatic heterocycles. The molecular formula is C18H20O3. The van der Waals surface area contributed by atoms with Crippen molar-refractivity contribution in [1.82, 2.24) is 0 Å². The Kier molecular flexibility index (Phi) is 7.36. The van der Waals surface area contributed by atoms with Gasteiger partial charge < -0.3 is 9.47 Å². The van der Waals surface area contributed by atoms with E-state index in [0.29, 0.717) is 23.7 Å². The van der Waals surface area contributed by atoms with Crippen LogP contribution in [-0.4, -0.2) is 12.6 Å². The van der Waals surface area contributed by atoms with Crippen molar-refractivity contribution in [3.8, 4) is 11.5 Å². The van der Waals surface area contributed by atoms with Gasteiger partial charge in [-0.1, -0.05) is 44.7 Å². The Balaban J connectivity index is 0.00000106. The second kappa shape index (κ2) is 9.37. The van der Waals surface area contributed by atoms with Crippen LogP contribution < -0.4 is 9.47 Å². The highest BCUT2D eigenvalue weighted by Gasteiger charge is 2.07. The number of carbonyl (C=O) groups excluding carboxylic acids is 1. The van der Waals surface area contributed by atoms with Crippen molar-refractivity contribution < 1.29 is 14.3 Å². The van der Waals surface area contributed by atoms with Crippen molar-refractivity contribution in [1.29, 1.82) is 0 Å². The van der Waals surface area contributed by atoms with Gasteiger partial charge in [0.05, 0.1) is 5.56 Å². The number of benzene rings is 2. The fraction of sp³-hybridized carbons (Fsp3) is 0.167. The largest absolute Gasteiger partial charge is 0.490 e. The molecule has 0 unspecified atom stereocenters. The van der Waals surface area contributed by atoms with E-state index in [1.165, 1.54) is 0 Å². The van der Waals surface area contributed by atoms with Crippen LogP contribution in [0.4, 0.5) is 0 Å². The Morgan fingerprint density at radius 2 is 1.57 bits per heavy atom. The lowest BCUT2D eigenvalue weighted by Gasteiger charge is -2.06. The molecular weight excluding hydrogens is 264 g/mol. The number of carbonyl (C=O) groups is 1. The fourth-order valence-corrected chi connectivity index (χ4v) is 1.50. The van der Waals surface area contributed by atoms with E-state index < -0.39 is 0 Å². The number of hydrogen-bond acceptors (Lipinski definition) is 3. The van der Waals surface area contributed by atoms with Crippen molar-refractivity contribution in [2.24, 2.45) is 0 Å². The van der Waals surface area contributed by atoms with Crippen molar-refractivity contribution in [2.75, 3.05) is 6.61 Å². The standard InChI is InChI=1S/C16H14O3.C2H6/c1-2-12-18-14-8-10-15(11-9-14)19-16(17)13-6-4-3-5-7-13;1-2/h2-11H,1,12H2;1-2H3. The highest BCUT2D eigenvalue weighted by atomic mass is 16.5. The number of esters is 1. The molecule has 0 spiro atoms. The first-order valence-electron chi connectivity index (χ1n) is 6.90. The summed E-state index contributed by atoms with van der Waals surface area (Å²) in [4.78, 5) is 11.8. The Hall–Kier alpha value is -2.55. The number of hydrogen-bond donors (Lipinski definition) is 0. The van der Waals surface area contributed by atoms with E-state index in [-0.39, 0.29) is 5.97 Å². The van der Waals surface area contributed by atoms with Crippen LogP contribution in [0.15, 0.2) is 67.3 Å². The molecule has 2 aromatic rings. The highest BCUT2D eigenvalue weighted by molar-refractivity contribution is 5.90. The molecule has 0 aliphatic carbocycles. The van der Waals surface area contributed by atoms with Crippen molar-refractivity contribution in [3.05, 3.63) is 72.8 Å². The van der Waals surface area contributed by atoms with Gasteiger partial charge in [-0.15, -0.1) is 0 Å². The topological polar surface area (TPSA) is 35.5 Å². The van der Waals surface area contributed by atoms with Gasteiger partial charge >= 0.3 is 5.97 Å². The molecule has 21 heavy (non-hydrogen) atoms. The third-order valence-electron chi connectivity index (χ3n) is 2.41. The SMILES string of the molecule is C=CCOc1ccc(OC(=O)c2ccccc2)cc1.CC. The molecule has 0 fully saturated rings. The molecule has 0 heterocycles. The summed E-state index contributed by atoms with van der Waals surface area (Å²) in [5.74, 6) is 0.819. The van der Waals surface area contributed by atoms with Crippen LogP contribution in [-0.2, 0) is 0 Å². The predicted molar refractivity (Wildman–Crippen MR) is 84.9 cm³/mol. The molecule has 0 N–H and O–H groups in total. The Labute approximate surface area is 125 Å². The molecule has 2 rings (SSSR count). The Bertz CT molecular complexity index is 544. The van der Waals surface area contributed by atoms with E-state index in [1.807, 2.05) is 19.9 Å². The lowest BCUT2D eigenvalue weighted by atomic mass is 10.2. The summed E-state index contributed by atoms with van der Waals surface area (Å²) in [5.41, 5.74) is 0.523. The van der Waals surface area contributed by atoms with E-state index in [4.69, 9.17) is 9.47 Å². The zero-order valence-electron chi connectivity index (χ0n) is 12.4. The molecule has 110 valence electrons. The summed E-state index contributed by atoms with van der Waals surface area (Å²) in [5, 5.41) is 0. The van der Waals surface area contributed by atoms with E-state index in [0.717, 1.165) is 0 Å². The minimum absolute atomic E-state index is 0.375. The van der Waals surface area contributed by atoms with E-state index >= 15 is 0 Å². The second-order valence-electron chi connectivity index (χ2n) is 3.83. The molecule has 2 aromatic carbocycles. The fourth-order valence-electron chi connectivity index (χ4n) is 1.50. The minimum Gasteiger partial charge on any atom is -0.490 e. The first-order chi connectivity index (χ1) is 10.3. The molecule has 0 saturated carbocycles. The van der Waals surface area contributed by atoms with Crippen LogP contribution in [0.1, 0.15) is 24.2 Å². The lowest BCUT2D eigenvalue weighted by molar-refractivity contribution is 0.0734. The smallest absolute Gasteiger partial charge is 0.343 e. The summed E-state index contributed by atoms with van der Waals surface area (Å²) in [7, 11) is 0. The van der Waals surface area contributed by atoms with Gasteiger partial charge in [-0.2, -0.15) is 0 Å². The van der Waals surface area contributed by atoms with Crippen LogP contribution in [0.3, 0.4) is 0 Å². The summed E-state index contributed by atoms with van der Waals surface area (Å²) in [6, 6.07) is 15.7. The zero-order chi connectivity index (χ0) is 15.5. The quantitative estimate of drug-likeness (QED) is 0.461. The second-order valence-corrected chi connectivity index (χ2v) is 3.83. The van der Waals surface area contributed by atoms with Crippen LogP contribution in [0.5, 0.6) is 11.5 Å². The molecule has 3 heteroatoms. The van der Waals surface area contributed by atoms with Gasteiger partial charge in [0.2, 0.25) is 0 Å². The maximum absolute atomic E-state index is 11.8. The molecule has 0 amide bonds. The van der Waals surface area contributed by atoms with Crippen LogP contribution in [0.25, 0.3) is 0 Å². The molecule has 0 saturated heterocycles. The molecule has 0 atom stereocenters. The Morgan fingerprint density at radius 3 is 2.14 bits per heavy atom. The molecule has 0 bridgehead atoms. The van der Waals surface area contributed by atoms with Crippen LogP contribution in [0, 0.1) is 0 Å². The van der Waals surface area contributed by atoms with Gasteiger partial charge in [0, 0.05) is 0 Å². The van der Waals surface area contributed by atoms with Gasteiger partial charge in [0.15, 0.2) is 0 Å². The first kappa shape index (κ1) is 16.5. The molecule has 3 nitrogen and oxygen atoms in total. The maximum atomic E-state index is 11.8. The van der Waals surface area contributed by atoms with Gasteiger partial charge in [0.1, 0.15) is 18.1 Å². The molecule has 0 radical (unpaired) electrons. The number of ether oxygens (including phenoxy) is 2. The van der Waals surface area contributed by atoms with Crippen molar-refractivity contribution in [3.63, 3.8) is 0 Å². The van der Waals surface area contributed by atoms with Gasteiger partial charge in [-0.25, -0.2) is 4.79 Å². The number of rotatable bonds is 5. The van der Waals surface area contributed by atoms with Gasteiger partial charge in [-0.05, 0) is 36.4 Å². The molecule has 0 aliphatic rings. The van der Waals surface area contributed by atoms with Crippen molar-refractivity contribution in [2.45, 2.75) is 13.8 Å². The normalized spacial score (nSPS) is 9.05.